The molecule has 1 unspecified atom stereocenters. The van der Waals surface area contributed by atoms with E-state index in [2.05, 4.69) is 0 Å². The summed E-state index contributed by atoms with van der Waals surface area (Å²) in [4.78, 5) is 15.6. The fourth-order valence-electron chi connectivity index (χ4n) is 3.22. The molecule has 2 heterocycles. The highest BCUT2D eigenvalue weighted by Gasteiger charge is 2.35. The van der Waals surface area contributed by atoms with Crippen molar-refractivity contribution < 1.29 is 13.2 Å². The van der Waals surface area contributed by atoms with Crippen molar-refractivity contribution in [2.45, 2.75) is 32.7 Å². The molecule has 0 N–H and O–H groups in total. The second-order valence-corrected chi connectivity index (χ2v) is 9.39. The van der Waals surface area contributed by atoms with Gasteiger partial charge in [-0.3, -0.25) is 4.79 Å². The lowest BCUT2D eigenvalue weighted by molar-refractivity contribution is 0.0701. The summed E-state index contributed by atoms with van der Waals surface area (Å²) in [6.45, 7) is 4.59. The third-order valence-electron chi connectivity index (χ3n) is 4.41. The average molecular weight is 351 g/mol. The number of nitrogens with zero attached hydrogens (tertiary/aromatic N) is 1. The first kappa shape index (κ1) is 16.5. The van der Waals surface area contributed by atoms with E-state index in [0.717, 1.165) is 26.9 Å². The molecule has 1 saturated heterocycles. The van der Waals surface area contributed by atoms with E-state index in [1.54, 1.807) is 4.90 Å². The van der Waals surface area contributed by atoms with E-state index in [-0.39, 0.29) is 23.5 Å². The standard InChI is InChI=1S/C17H21NO3S2/c1-3-9-18(13-8-10-23(20,21)11-13)17(19)16-12(2)14-6-4-5-7-15(14)22-16/h4-7,13H,3,8-11H2,1-2H3. The molecule has 1 atom stereocenters. The molecular weight excluding hydrogens is 330 g/mol. The van der Waals surface area contributed by atoms with Crippen molar-refractivity contribution in [3.63, 3.8) is 0 Å². The van der Waals surface area contributed by atoms with Crippen LogP contribution in [-0.2, 0) is 9.84 Å². The quantitative estimate of drug-likeness (QED) is 0.850. The molecule has 1 aromatic carbocycles. The number of aryl methyl sites for hydroxylation is 1. The molecule has 1 aliphatic heterocycles. The number of sulfone groups is 1. The summed E-state index contributed by atoms with van der Waals surface area (Å²) in [5.74, 6) is 0.270. The van der Waals surface area contributed by atoms with Crippen LogP contribution in [0.2, 0.25) is 0 Å². The molecule has 23 heavy (non-hydrogen) atoms. The van der Waals surface area contributed by atoms with Crippen molar-refractivity contribution in [3.05, 3.63) is 34.7 Å². The maximum atomic E-state index is 13.1. The number of hydrogen-bond acceptors (Lipinski definition) is 4. The molecule has 4 nitrogen and oxygen atoms in total. The summed E-state index contributed by atoms with van der Waals surface area (Å²) in [5, 5.41) is 1.11. The highest BCUT2D eigenvalue weighted by molar-refractivity contribution is 7.91. The second kappa shape index (κ2) is 6.24. The summed E-state index contributed by atoms with van der Waals surface area (Å²) < 4.78 is 24.7. The van der Waals surface area contributed by atoms with Crippen LogP contribution < -0.4 is 0 Å². The fourth-order valence-corrected chi connectivity index (χ4v) is 6.12. The van der Waals surface area contributed by atoms with Crippen molar-refractivity contribution >= 4 is 37.2 Å². The summed E-state index contributed by atoms with van der Waals surface area (Å²) in [6.07, 6.45) is 1.38. The van der Waals surface area contributed by atoms with Crippen LogP contribution in [0.1, 0.15) is 35.0 Å². The molecule has 6 heteroatoms. The largest absolute Gasteiger partial charge is 0.334 e. The number of amides is 1. The highest BCUT2D eigenvalue weighted by Crippen LogP contribution is 2.32. The van der Waals surface area contributed by atoms with Crippen LogP contribution in [0.25, 0.3) is 10.1 Å². The van der Waals surface area contributed by atoms with Crippen molar-refractivity contribution in [2.75, 3.05) is 18.1 Å². The van der Waals surface area contributed by atoms with Crippen LogP contribution in [0.15, 0.2) is 24.3 Å². The first-order valence-corrected chi connectivity index (χ1v) is 10.6. The predicted octanol–water partition coefficient (Wildman–Crippen LogP) is 3.25. The minimum Gasteiger partial charge on any atom is -0.334 e. The van der Waals surface area contributed by atoms with Gasteiger partial charge in [0.25, 0.3) is 5.91 Å². The van der Waals surface area contributed by atoms with E-state index in [1.165, 1.54) is 11.3 Å². The smallest absolute Gasteiger partial charge is 0.264 e. The predicted molar refractivity (Wildman–Crippen MR) is 94.9 cm³/mol. The number of benzene rings is 1. The Morgan fingerprint density at radius 3 is 2.70 bits per heavy atom. The molecule has 2 aromatic rings. The maximum Gasteiger partial charge on any atom is 0.264 e. The third kappa shape index (κ3) is 3.15. The van der Waals surface area contributed by atoms with E-state index in [9.17, 15) is 13.2 Å². The summed E-state index contributed by atoms with van der Waals surface area (Å²) in [7, 11) is -3.00. The lowest BCUT2D eigenvalue weighted by Crippen LogP contribution is -2.41. The minimum absolute atomic E-state index is 0.0207. The molecular formula is C17H21NO3S2. The third-order valence-corrected chi connectivity index (χ3v) is 7.42. The van der Waals surface area contributed by atoms with E-state index < -0.39 is 9.84 Å². The maximum absolute atomic E-state index is 13.1. The number of carbonyl (C=O) groups excluding carboxylic acids is 1. The fraction of sp³-hybridized carbons (Fsp3) is 0.471. The topological polar surface area (TPSA) is 54.5 Å². The van der Waals surface area contributed by atoms with Gasteiger partial charge in [-0.2, -0.15) is 0 Å². The van der Waals surface area contributed by atoms with Gasteiger partial charge in [-0.1, -0.05) is 25.1 Å². The van der Waals surface area contributed by atoms with Crippen LogP contribution in [-0.4, -0.2) is 43.3 Å². The summed E-state index contributed by atoms with van der Waals surface area (Å²) >= 11 is 1.50. The van der Waals surface area contributed by atoms with Gasteiger partial charge in [-0.15, -0.1) is 11.3 Å². The average Bonchev–Trinajstić information content (AvgIpc) is 3.05. The Bertz CT molecular complexity index is 839. The first-order valence-electron chi connectivity index (χ1n) is 7.92. The zero-order valence-electron chi connectivity index (χ0n) is 13.4. The summed E-state index contributed by atoms with van der Waals surface area (Å²) in [5.41, 5.74) is 0.998. The molecule has 0 radical (unpaired) electrons. The van der Waals surface area contributed by atoms with E-state index in [4.69, 9.17) is 0 Å². The van der Waals surface area contributed by atoms with E-state index in [1.807, 2.05) is 38.1 Å². The Morgan fingerprint density at radius 2 is 2.09 bits per heavy atom. The molecule has 0 bridgehead atoms. The van der Waals surface area contributed by atoms with Gasteiger partial charge in [0.2, 0.25) is 0 Å². The van der Waals surface area contributed by atoms with Gasteiger partial charge >= 0.3 is 0 Å². The van der Waals surface area contributed by atoms with Crippen LogP contribution in [0.5, 0.6) is 0 Å². The number of carbonyl (C=O) groups is 1. The molecule has 3 rings (SSSR count). The molecule has 0 aliphatic carbocycles. The molecule has 1 aromatic heterocycles. The van der Waals surface area contributed by atoms with Crippen molar-refractivity contribution in [1.29, 1.82) is 0 Å². The highest BCUT2D eigenvalue weighted by atomic mass is 32.2. The molecule has 1 aliphatic rings. The Kier molecular flexibility index (Phi) is 4.47. The van der Waals surface area contributed by atoms with Gasteiger partial charge in [-0.05, 0) is 36.8 Å². The second-order valence-electron chi connectivity index (χ2n) is 6.11. The number of fused-ring (bicyclic) bond motifs is 1. The van der Waals surface area contributed by atoms with Gasteiger partial charge in [-0.25, -0.2) is 8.42 Å². The van der Waals surface area contributed by atoms with E-state index in [0.29, 0.717) is 13.0 Å². The lowest BCUT2D eigenvalue weighted by atomic mass is 10.1. The normalized spacial score (nSPS) is 20.0. The molecule has 0 spiro atoms. The van der Waals surface area contributed by atoms with Gasteiger partial charge in [0.15, 0.2) is 9.84 Å². The van der Waals surface area contributed by atoms with Crippen LogP contribution in [0.3, 0.4) is 0 Å². The van der Waals surface area contributed by atoms with Crippen molar-refractivity contribution in [2.24, 2.45) is 0 Å². The molecule has 124 valence electrons. The van der Waals surface area contributed by atoms with Gasteiger partial charge < -0.3 is 4.90 Å². The van der Waals surface area contributed by atoms with Gasteiger partial charge in [0, 0.05) is 17.3 Å². The zero-order chi connectivity index (χ0) is 16.6. The SMILES string of the molecule is CCCN(C(=O)c1sc2ccccc2c1C)C1CCS(=O)(=O)C1. The van der Waals surface area contributed by atoms with Crippen LogP contribution in [0.4, 0.5) is 0 Å². The number of rotatable bonds is 4. The van der Waals surface area contributed by atoms with E-state index >= 15 is 0 Å². The number of hydrogen-bond donors (Lipinski definition) is 0. The lowest BCUT2D eigenvalue weighted by Gasteiger charge is -2.27. The van der Waals surface area contributed by atoms with Crippen molar-refractivity contribution in [3.8, 4) is 0 Å². The Morgan fingerprint density at radius 1 is 1.35 bits per heavy atom. The molecule has 1 fully saturated rings. The van der Waals surface area contributed by atoms with Gasteiger partial charge in [0.05, 0.1) is 16.4 Å². The minimum atomic E-state index is -3.00. The molecule has 1 amide bonds. The monoisotopic (exact) mass is 351 g/mol. The first-order chi connectivity index (χ1) is 10.9. The van der Waals surface area contributed by atoms with Crippen molar-refractivity contribution in [1.82, 2.24) is 4.90 Å². The molecule has 0 saturated carbocycles. The number of thiophene rings is 1. The Balaban J connectivity index is 1.95. The summed E-state index contributed by atoms with van der Waals surface area (Å²) in [6, 6.07) is 7.82. The Labute approximate surface area is 141 Å². The zero-order valence-corrected chi connectivity index (χ0v) is 15.0. The van der Waals surface area contributed by atoms with Crippen LogP contribution in [0, 0.1) is 6.92 Å². The van der Waals surface area contributed by atoms with Crippen LogP contribution >= 0.6 is 11.3 Å². The van der Waals surface area contributed by atoms with Gasteiger partial charge in [0.1, 0.15) is 0 Å². The Hall–Kier alpha value is -1.40.